The Balaban J connectivity index is 0.00000133. The van der Waals surface area contributed by atoms with Crippen LogP contribution in [-0.2, 0) is 4.74 Å². The maximum absolute atomic E-state index is 11.8. The molecule has 3 rings (SSSR count). The van der Waals surface area contributed by atoms with Crippen molar-refractivity contribution >= 4 is 29.7 Å². The Hall–Kier alpha value is -0.620. The number of piperidine rings is 1. The number of amides is 1. The van der Waals surface area contributed by atoms with Crippen LogP contribution in [0.25, 0.3) is 0 Å². The van der Waals surface area contributed by atoms with Crippen LogP contribution in [0.15, 0.2) is 16.8 Å². The van der Waals surface area contributed by atoms with Crippen LogP contribution < -0.4 is 10.6 Å². The first-order valence-electron chi connectivity index (χ1n) is 6.47. The average Bonchev–Trinajstić information content (AvgIpc) is 3.06. The van der Waals surface area contributed by atoms with Crippen molar-refractivity contribution in [3.8, 4) is 0 Å². The van der Waals surface area contributed by atoms with Gasteiger partial charge in [0.15, 0.2) is 0 Å². The Labute approximate surface area is 123 Å². The van der Waals surface area contributed by atoms with Crippen LogP contribution in [0.4, 0.5) is 0 Å². The highest BCUT2D eigenvalue weighted by molar-refractivity contribution is 7.08. The molecule has 2 aliphatic heterocycles. The molecule has 106 valence electrons. The molecule has 3 atom stereocenters. The normalized spacial score (nSPS) is 29.4. The second-order valence-electron chi connectivity index (χ2n) is 5.01. The van der Waals surface area contributed by atoms with E-state index in [9.17, 15) is 4.79 Å². The smallest absolute Gasteiger partial charge is 0.252 e. The Morgan fingerprint density at radius 1 is 1.58 bits per heavy atom. The lowest BCUT2D eigenvalue weighted by Gasteiger charge is -2.27. The van der Waals surface area contributed by atoms with Crippen LogP contribution in [0, 0.1) is 11.8 Å². The number of hydrogen-bond acceptors (Lipinski definition) is 4. The van der Waals surface area contributed by atoms with Gasteiger partial charge in [-0.25, -0.2) is 0 Å². The average molecular weight is 303 g/mol. The molecule has 1 aromatic rings. The Bertz CT molecular complexity index is 413. The molecule has 0 unspecified atom stereocenters. The summed E-state index contributed by atoms with van der Waals surface area (Å²) in [6.07, 6.45) is 1.37. The molecule has 0 spiro atoms. The number of halogens is 1. The maximum Gasteiger partial charge on any atom is 0.252 e. The van der Waals surface area contributed by atoms with E-state index in [0.717, 1.165) is 25.3 Å². The summed E-state index contributed by atoms with van der Waals surface area (Å²) < 4.78 is 5.82. The molecule has 0 radical (unpaired) electrons. The maximum atomic E-state index is 11.8. The first-order valence-corrected chi connectivity index (χ1v) is 7.41. The number of rotatable bonds is 3. The number of carbonyl (C=O) groups excluding carboxylic acids is 1. The van der Waals surface area contributed by atoms with Gasteiger partial charge in [-0.1, -0.05) is 0 Å². The van der Waals surface area contributed by atoms with Crippen molar-refractivity contribution in [1.29, 1.82) is 0 Å². The molecule has 2 N–H and O–H groups in total. The summed E-state index contributed by atoms with van der Waals surface area (Å²) in [6.45, 7) is 3.59. The highest BCUT2D eigenvalue weighted by atomic mass is 35.5. The van der Waals surface area contributed by atoms with Crippen LogP contribution in [0.1, 0.15) is 16.8 Å². The Kier molecular flexibility index (Phi) is 5.21. The van der Waals surface area contributed by atoms with Gasteiger partial charge in [-0.05, 0) is 30.3 Å². The van der Waals surface area contributed by atoms with Gasteiger partial charge in [0.05, 0.1) is 12.7 Å². The standard InChI is InChI=1S/C13H18N2O2S.ClH/c16-13(10-2-4-18-8-10)15-6-12-11-5-14-3-1-9(11)7-17-12;/h2,4,8-9,11-12,14H,1,3,5-7H2,(H,15,16);1H/t9-,11-,12+;/m0./s1. The fraction of sp³-hybridized carbons (Fsp3) is 0.615. The Morgan fingerprint density at radius 2 is 2.47 bits per heavy atom. The van der Waals surface area contributed by atoms with Gasteiger partial charge in [0, 0.05) is 30.0 Å². The van der Waals surface area contributed by atoms with Crippen LogP contribution >= 0.6 is 23.7 Å². The molecule has 4 nitrogen and oxygen atoms in total. The quantitative estimate of drug-likeness (QED) is 0.890. The molecule has 2 saturated heterocycles. The van der Waals surface area contributed by atoms with E-state index in [2.05, 4.69) is 10.6 Å². The van der Waals surface area contributed by atoms with Crippen molar-refractivity contribution in [1.82, 2.24) is 10.6 Å². The number of fused-ring (bicyclic) bond motifs is 1. The zero-order valence-electron chi connectivity index (χ0n) is 10.6. The van der Waals surface area contributed by atoms with E-state index >= 15 is 0 Å². The molecule has 0 aliphatic carbocycles. The van der Waals surface area contributed by atoms with Crippen molar-refractivity contribution < 1.29 is 9.53 Å². The second-order valence-corrected chi connectivity index (χ2v) is 5.79. The molecule has 0 aromatic carbocycles. The van der Waals surface area contributed by atoms with Crippen molar-refractivity contribution in [3.05, 3.63) is 22.4 Å². The molecular weight excluding hydrogens is 284 g/mol. The number of nitrogens with one attached hydrogen (secondary N) is 2. The van der Waals surface area contributed by atoms with Gasteiger partial charge in [-0.15, -0.1) is 12.4 Å². The van der Waals surface area contributed by atoms with E-state index < -0.39 is 0 Å². The van der Waals surface area contributed by atoms with E-state index in [4.69, 9.17) is 4.74 Å². The van der Waals surface area contributed by atoms with E-state index in [1.807, 2.05) is 16.8 Å². The number of hydrogen-bond donors (Lipinski definition) is 2. The number of thiophene rings is 1. The van der Waals surface area contributed by atoms with Crippen molar-refractivity contribution in [3.63, 3.8) is 0 Å². The molecule has 3 heterocycles. The SMILES string of the molecule is Cl.O=C(NC[C@H]1OC[C@@H]2CCNC[C@@H]21)c1ccsc1. The van der Waals surface area contributed by atoms with Gasteiger partial charge >= 0.3 is 0 Å². The van der Waals surface area contributed by atoms with Gasteiger partial charge in [-0.3, -0.25) is 4.79 Å². The minimum absolute atomic E-state index is 0. The summed E-state index contributed by atoms with van der Waals surface area (Å²) in [4.78, 5) is 11.8. The third-order valence-electron chi connectivity index (χ3n) is 3.93. The molecule has 2 fully saturated rings. The van der Waals surface area contributed by atoms with Crippen LogP contribution in [0.5, 0.6) is 0 Å². The minimum Gasteiger partial charge on any atom is -0.376 e. The number of ether oxygens (including phenoxy) is 1. The third kappa shape index (κ3) is 3.28. The molecule has 1 amide bonds. The van der Waals surface area contributed by atoms with Crippen LogP contribution in [0.3, 0.4) is 0 Å². The molecule has 0 saturated carbocycles. The van der Waals surface area contributed by atoms with Crippen molar-refractivity contribution in [2.45, 2.75) is 12.5 Å². The summed E-state index contributed by atoms with van der Waals surface area (Å²) in [7, 11) is 0. The van der Waals surface area contributed by atoms with Gasteiger partial charge in [0.25, 0.3) is 5.91 Å². The predicted octanol–water partition coefficient (Wildman–Crippen LogP) is 1.52. The topological polar surface area (TPSA) is 50.4 Å². The first-order chi connectivity index (χ1) is 8.84. The largest absolute Gasteiger partial charge is 0.376 e. The zero-order valence-corrected chi connectivity index (χ0v) is 12.3. The molecular formula is C13H19ClN2O2S. The lowest BCUT2D eigenvalue weighted by molar-refractivity contribution is 0.0777. The third-order valence-corrected chi connectivity index (χ3v) is 4.61. The summed E-state index contributed by atoms with van der Waals surface area (Å²) in [5.41, 5.74) is 0.747. The van der Waals surface area contributed by atoms with Gasteiger partial charge in [-0.2, -0.15) is 11.3 Å². The van der Waals surface area contributed by atoms with Gasteiger partial charge < -0.3 is 15.4 Å². The lowest BCUT2D eigenvalue weighted by atomic mass is 9.85. The van der Waals surface area contributed by atoms with E-state index in [1.54, 1.807) is 11.3 Å². The Morgan fingerprint density at radius 3 is 3.26 bits per heavy atom. The highest BCUT2D eigenvalue weighted by Crippen LogP contribution is 2.30. The summed E-state index contributed by atoms with van der Waals surface area (Å²) in [5, 5.41) is 10.2. The lowest BCUT2D eigenvalue weighted by Crippen LogP contribution is -2.43. The fourth-order valence-electron chi connectivity index (χ4n) is 2.85. The zero-order chi connectivity index (χ0) is 12.4. The van der Waals surface area contributed by atoms with Gasteiger partial charge in [0.1, 0.15) is 0 Å². The van der Waals surface area contributed by atoms with Gasteiger partial charge in [0.2, 0.25) is 0 Å². The molecule has 19 heavy (non-hydrogen) atoms. The summed E-state index contributed by atoms with van der Waals surface area (Å²) in [5.74, 6) is 1.24. The van der Waals surface area contributed by atoms with E-state index in [1.165, 1.54) is 6.42 Å². The predicted molar refractivity (Wildman–Crippen MR) is 78.1 cm³/mol. The van der Waals surface area contributed by atoms with Crippen molar-refractivity contribution in [2.24, 2.45) is 11.8 Å². The monoisotopic (exact) mass is 302 g/mol. The second kappa shape index (κ2) is 6.70. The highest BCUT2D eigenvalue weighted by Gasteiger charge is 2.38. The van der Waals surface area contributed by atoms with E-state index in [-0.39, 0.29) is 24.4 Å². The van der Waals surface area contributed by atoms with Crippen LogP contribution in [0.2, 0.25) is 0 Å². The number of carbonyl (C=O) groups is 1. The first kappa shape index (κ1) is 14.8. The van der Waals surface area contributed by atoms with E-state index in [0.29, 0.717) is 18.4 Å². The molecule has 2 aliphatic rings. The molecule has 1 aromatic heterocycles. The van der Waals surface area contributed by atoms with Crippen LogP contribution in [-0.4, -0.2) is 38.3 Å². The summed E-state index contributed by atoms with van der Waals surface area (Å²) in [6, 6.07) is 1.85. The fourth-order valence-corrected chi connectivity index (χ4v) is 3.48. The minimum atomic E-state index is 0. The molecule has 6 heteroatoms. The summed E-state index contributed by atoms with van der Waals surface area (Å²) >= 11 is 1.54. The molecule has 0 bridgehead atoms. The van der Waals surface area contributed by atoms with Crippen molar-refractivity contribution in [2.75, 3.05) is 26.2 Å².